The van der Waals surface area contributed by atoms with Gasteiger partial charge in [0.15, 0.2) is 0 Å². The third-order valence-electron chi connectivity index (χ3n) is 2.71. The summed E-state index contributed by atoms with van der Waals surface area (Å²) in [5.74, 6) is 0.488. The van der Waals surface area contributed by atoms with Gasteiger partial charge in [-0.25, -0.2) is 0 Å². The van der Waals surface area contributed by atoms with Crippen molar-refractivity contribution in [1.29, 1.82) is 0 Å². The Bertz CT molecular complexity index is 682. The van der Waals surface area contributed by atoms with Crippen molar-refractivity contribution in [3.8, 4) is 5.75 Å². The summed E-state index contributed by atoms with van der Waals surface area (Å²) in [6.45, 7) is 0.0663. The zero-order valence-electron chi connectivity index (χ0n) is 10.7. The Labute approximate surface area is 123 Å². The summed E-state index contributed by atoms with van der Waals surface area (Å²) < 4.78 is 44.0. The minimum Gasteiger partial charge on any atom is -0.492 e. The summed E-state index contributed by atoms with van der Waals surface area (Å²) in [5.41, 5.74) is -1.39. The van der Waals surface area contributed by atoms with Gasteiger partial charge in [-0.1, -0.05) is 17.7 Å². The first-order valence-electron chi connectivity index (χ1n) is 6.02. The predicted molar refractivity (Wildman–Crippen MR) is 72.7 cm³/mol. The number of hydrogen-bond acceptors (Lipinski definition) is 2. The van der Waals surface area contributed by atoms with Crippen LogP contribution in [0.1, 0.15) is 5.56 Å². The molecule has 21 heavy (non-hydrogen) atoms. The molecule has 0 radical (unpaired) electrons. The van der Waals surface area contributed by atoms with Crippen molar-refractivity contribution in [2.45, 2.75) is 12.7 Å². The predicted octanol–water partition coefficient (Wildman–Crippen LogP) is 3.60. The van der Waals surface area contributed by atoms with E-state index < -0.39 is 17.3 Å². The lowest BCUT2D eigenvalue weighted by Crippen LogP contribution is -2.24. The van der Waals surface area contributed by atoms with Crippen LogP contribution in [0.3, 0.4) is 0 Å². The van der Waals surface area contributed by atoms with Crippen LogP contribution in [0.15, 0.2) is 47.4 Å². The largest absolute Gasteiger partial charge is 0.492 e. The number of nitrogens with zero attached hydrogens (tertiary/aromatic N) is 1. The van der Waals surface area contributed by atoms with Crippen LogP contribution in [0.25, 0.3) is 0 Å². The Balaban J connectivity index is 2.05. The lowest BCUT2D eigenvalue weighted by molar-refractivity contribution is -0.138. The molecule has 7 heteroatoms. The maximum atomic E-state index is 12.6. The SMILES string of the molecule is O=c1ccc(C(F)(F)F)cn1CCOc1cccc(Cl)c1. The van der Waals surface area contributed by atoms with E-state index in [0.29, 0.717) is 10.8 Å². The number of ether oxygens (including phenoxy) is 1. The van der Waals surface area contributed by atoms with Crippen LogP contribution in [0.2, 0.25) is 5.02 Å². The van der Waals surface area contributed by atoms with Gasteiger partial charge in [0.05, 0.1) is 12.1 Å². The molecule has 0 bridgehead atoms. The molecule has 0 N–H and O–H groups in total. The van der Waals surface area contributed by atoms with E-state index in [0.717, 1.165) is 22.9 Å². The minimum absolute atomic E-state index is 0.00919. The maximum absolute atomic E-state index is 12.6. The first kappa shape index (κ1) is 15.4. The number of aromatic nitrogens is 1. The van der Waals surface area contributed by atoms with Crippen LogP contribution in [0.4, 0.5) is 13.2 Å². The molecule has 2 aromatic rings. The van der Waals surface area contributed by atoms with Crippen molar-refractivity contribution in [3.63, 3.8) is 0 Å². The molecule has 0 fully saturated rings. The fourth-order valence-electron chi connectivity index (χ4n) is 1.69. The summed E-state index contributed by atoms with van der Waals surface area (Å²) in [5, 5.41) is 0.490. The van der Waals surface area contributed by atoms with E-state index in [4.69, 9.17) is 16.3 Å². The van der Waals surface area contributed by atoms with Crippen LogP contribution >= 0.6 is 11.6 Å². The first-order valence-corrected chi connectivity index (χ1v) is 6.40. The summed E-state index contributed by atoms with van der Waals surface area (Å²) >= 11 is 5.78. The quantitative estimate of drug-likeness (QED) is 0.863. The van der Waals surface area contributed by atoms with Crippen molar-refractivity contribution >= 4 is 11.6 Å². The number of benzene rings is 1. The van der Waals surface area contributed by atoms with Crippen LogP contribution in [0.5, 0.6) is 5.75 Å². The van der Waals surface area contributed by atoms with E-state index in [1.54, 1.807) is 24.3 Å². The van der Waals surface area contributed by atoms with Gasteiger partial charge in [0.1, 0.15) is 12.4 Å². The van der Waals surface area contributed by atoms with Gasteiger partial charge >= 0.3 is 6.18 Å². The Kier molecular flexibility index (Phi) is 4.57. The molecular weight excluding hydrogens is 307 g/mol. The molecule has 2 rings (SSSR count). The molecule has 0 atom stereocenters. The second-order valence-electron chi connectivity index (χ2n) is 4.25. The molecule has 0 spiro atoms. The van der Waals surface area contributed by atoms with Gasteiger partial charge in [-0.2, -0.15) is 13.2 Å². The second kappa shape index (κ2) is 6.22. The summed E-state index contributed by atoms with van der Waals surface area (Å²) in [4.78, 5) is 11.5. The monoisotopic (exact) mass is 317 g/mol. The van der Waals surface area contributed by atoms with E-state index >= 15 is 0 Å². The molecule has 0 unspecified atom stereocenters. The van der Waals surface area contributed by atoms with Gasteiger partial charge in [-0.3, -0.25) is 4.79 Å². The van der Waals surface area contributed by atoms with Gasteiger partial charge in [0.25, 0.3) is 5.56 Å². The fraction of sp³-hybridized carbons (Fsp3) is 0.214. The molecular formula is C14H11ClF3NO2. The number of halogens is 4. The lowest BCUT2D eigenvalue weighted by Gasteiger charge is -2.11. The Morgan fingerprint density at radius 3 is 2.62 bits per heavy atom. The smallest absolute Gasteiger partial charge is 0.417 e. The van der Waals surface area contributed by atoms with Crippen molar-refractivity contribution in [2.75, 3.05) is 6.61 Å². The van der Waals surface area contributed by atoms with Gasteiger partial charge < -0.3 is 9.30 Å². The van der Waals surface area contributed by atoms with Crippen LogP contribution < -0.4 is 10.3 Å². The zero-order chi connectivity index (χ0) is 15.5. The van der Waals surface area contributed by atoms with Gasteiger partial charge in [-0.05, 0) is 24.3 Å². The lowest BCUT2D eigenvalue weighted by atomic mass is 10.3. The number of pyridine rings is 1. The summed E-state index contributed by atoms with van der Waals surface area (Å²) in [7, 11) is 0. The van der Waals surface area contributed by atoms with Crippen LogP contribution in [-0.4, -0.2) is 11.2 Å². The molecule has 1 aromatic heterocycles. The Hall–Kier alpha value is -1.95. The molecule has 112 valence electrons. The minimum atomic E-state index is -4.48. The third kappa shape index (κ3) is 4.26. The standard InChI is InChI=1S/C14H11ClF3NO2/c15-11-2-1-3-12(8-11)21-7-6-19-9-10(14(16,17)18)4-5-13(19)20/h1-5,8-9H,6-7H2. The van der Waals surface area contributed by atoms with Crippen LogP contribution in [0, 0.1) is 0 Å². The Morgan fingerprint density at radius 2 is 1.95 bits per heavy atom. The van der Waals surface area contributed by atoms with E-state index in [1.807, 2.05) is 0 Å². The van der Waals surface area contributed by atoms with E-state index in [1.165, 1.54) is 0 Å². The van der Waals surface area contributed by atoms with Crippen molar-refractivity contribution in [2.24, 2.45) is 0 Å². The zero-order valence-corrected chi connectivity index (χ0v) is 11.5. The average molecular weight is 318 g/mol. The van der Waals surface area contributed by atoms with Crippen molar-refractivity contribution < 1.29 is 17.9 Å². The van der Waals surface area contributed by atoms with Gasteiger partial charge in [0.2, 0.25) is 0 Å². The molecule has 0 saturated heterocycles. The van der Waals surface area contributed by atoms with E-state index in [9.17, 15) is 18.0 Å². The van der Waals surface area contributed by atoms with Crippen LogP contribution in [-0.2, 0) is 12.7 Å². The van der Waals surface area contributed by atoms with E-state index in [-0.39, 0.29) is 13.2 Å². The summed E-state index contributed by atoms with van der Waals surface area (Å²) in [6.07, 6.45) is -3.70. The molecule has 0 amide bonds. The van der Waals surface area contributed by atoms with E-state index in [2.05, 4.69) is 0 Å². The molecule has 1 aromatic carbocycles. The fourth-order valence-corrected chi connectivity index (χ4v) is 1.87. The second-order valence-corrected chi connectivity index (χ2v) is 4.69. The number of rotatable bonds is 4. The highest BCUT2D eigenvalue weighted by Gasteiger charge is 2.30. The molecule has 0 saturated carbocycles. The third-order valence-corrected chi connectivity index (χ3v) is 2.94. The number of alkyl halides is 3. The molecule has 3 nitrogen and oxygen atoms in total. The first-order chi connectivity index (χ1) is 9.86. The Morgan fingerprint density at radius 1 is 1.19 bits per heavy atom. The number of hydrogen-bond donors (Lipinski definition) is 0. The van der Waals surface area contributed by atoms with Crippen molar-refractivity contribution in [3.05, 3.63) is 63.5 Å². The molecule has 1 heterocycles. The highest BCUT2D eigenvalue weighted by molar-refractivity contribution is 6.30. The normalized spacial score (nSPS) is 11.4. The van der Waals surface area contributed by atoms with Gasteiger partial charge in [0, 0.05) is 17.3 Å². The highest BCUT2D eigenvalue weighted by atomic mass is 35.5. The summed E-state index contributed by atoms with van der Waals surface area (Å²) in [6, 6.07) is 8.26. The van der Waals surface area contributed by atoms with Gasteiger partial charge in [-0.15, -0.1) is 0 Å². The topological polar surface area (TPSA) is 31.2 Å². The maximum Gasteiger partial charge on any atom is 0.417 e. The molecule has 0 aliphatic carbocycles. The highest BCUT2D eigenvalue weighted by Crippen LogP contribution is 2.28. The van der Waals surface area contributed by atoms with Crippen molar-refractivity contribution in [1.82, 2.24) is 4.57 Å². The average Bonchev–Trinajstić information content (AvgIpc) is 2.39. The molecule has 0 aliphatic heterocycles. The molecule has 0 aliphatic rings.